The van der Waals surface area contributed by atoms with Gasteiger partial charge in [0.25, 0.3) is 5.91 Å². The lowest BCUT2D eigenvalue weighted by atomic mass is 9.48. The standard InChI is InChI=1S/C27H33F3N4O2/c1-15(26-11-16-7-17(12-26)9-18(8-16)13-26)32-25(35)21-14-31-34-23(27(28,29)30)10-22(33-24(21)34)19-3-5-20(36-2)6-4-19/h3-6,14-18,22-23,33H,7-13H2,1-2H3,(H,32,35). The van der Waals surface area contributed by atoms with E-state index < -0.39 is 18.3 Å². The summed E-state index contributed by atoms with van der Waals surface area (Å²) in [6.45, 7) is 2.08. The van der Waals surface area contributed by atoms with Gasteiger partial charge in [-0.15, -0.1) is 0 Å². The number of methoxy groups -OCH3 is 1. The van der Waals surface area contributed by atoms with E-state index in [0.717, 1.165) is 41.7 Å². The van der Waals surface area contributed by atoms with E-state index in [1.807, 2.05) is 0 Å². The molecule has 6 nitrogen and oxygen atoms in total. The van der Waals surface area contributed by atoms with E-state index in [9.17, 15) is 18.0 Å². The molecule has 194 valence electrons. The third-order valence-electron chi connectivity index (χ3n) is 9.35. The van der Waals surface area contributed by atoms with Crippen LogP contribution in [-0.2, 0) is 0 Å². The van der Waals surface area contributed by atoms with Crippen molar-refractivity contribution in [2.75, 3.05) is 12.4 Å². The Morgan fingerprint density at radius 1 is 1.11 bits per heavy atom. The highest BCUT2D eigenvalue weighted by Gasteiger charge is 2.53. The number of halogens is 3. The molecule has 0 spiro atoms. The third kappa shape index (κ3) is 3.95. The second kappa shape index (κ2) is 8.42. The van der Waals surface area contributed by atoms with Gasteiger partial charge in [-0.3, -0.25) is 4.79 Å². The Morgan fingerprint density at radius 2 is 1.72 bits per heavy atom. The molecule has 9 heteroatoms. The van der Waals surface area contributed by atoms with Gasteiger partial charge in [0.05, 0.1) is 19.3 Å². The number of aromatic nitrogens is 2. The Balaban J connectivity index is 1.26. The molecule has 3 unspecified atom stereocenters. The second-order valence-electron chi connectivity index (χ2n) is 11.6. The van der Waals surface area contributed by atoms with Crippen molar-refractivity contribution in [3.8, 4) is 5.75 Å². The van der Waals surface area contributed by atoms with Crippen LogP contribution in [0, 0.1) is 23.2 Å². The molecule has 2 N–H and O–H groups in total. The number of carbonyl (C=O) groups is 1. The molecule has 4 bridgehead atoms. The largest absolute Gasteiger partial charge is 0.497 e. The van der Waals surface area contributed by atoms with Crippen LogP contribution in [0.3, 0.4) is 0 Å². The summed E-state index contributed by atoms with van der Waals surface area (Å²) in [6, 6.07) is 4.50. The molecule has 36 heavy (non-hydrogen) atoms. The van der Waals surface area contributed by atoms with Crippen LogP contribution >= 0.6 is 0 Å². The maximum absolute atomic E-state index is 14.1. The molecule has 1 aromatic heterocycles. The molecular formula is C27H33F3N4O2. The Hall–Kier alpha value is -2.71. The number of amides is 1. The maximum atomic E-state index is 14.1. The minimum absolute atomic E-state index is 0.0339. The minimum Gasteiger partial charge on any atom is -0.497 e. The van der Waals surface area contributed by atoms with Crippen molar-refractivity contribution in [1.82, 2.24) is 15.1 Å². The zero-order valence-corrected chi connectivity index (χ0v) is 20.6. The van der Waals surface area contributed by atoms with Gasteiger partial charge >= 0.3 is 6.18 Å². The Labute approximate surface area is 209 Å². The maximum Gasteiger partial charge on any atom is 0.410 e. The predicted octanol–water partition coefficient (Wildman–Crippen LogP) is 5.89. The molecule has 1 aromatic carbocycles. The second-order valence-corrected chi connectivity index (χ2v) is 11.6. The first-order valence-corrected chi connectivity index (χ1v) is 13.0. The summed E-state index contributed by atoms with van der Waals surface area (Å²) in [5, 5.41) is 10.4. The molecule has 2 aromatic rings. The Kier molecular flexibility index (Phi) is 5.53. The number of anilines is 1. The number of alkyl halides is 3. The average Bonchev–Trinajstić information content (AvgIpc) is 3.26. The molecule has 2 heterocycles. The molecule has 0 saturated heterocycles. The van der Waals surface area contributed by atoms with Gasteiger partial charge in [0.1, 0.15) is 17.1 Å². The number of nitrogens with one attached hydrogen (secondary N) is 2. The summed E-state index contributed by atoms with van der Waals surface area (Å²) in [6.07, 6.45) is 3.93. The first-order chi connectivity index (χ1) is 17.1. The predicted molar refractivity (Wildman–Crippen MR) is 129 cm³/mol. The molecule has 0 radical (unpaired) electrons. The lowest BCUT2D eigenvalue weighted by Gasteiger charge is -2.59. The summed E-state index contributed by atoms with van der Waals surface area (Å²) in [7, 11) is 1.54. The van der Waals surface area contributed by atoms with Crippen LogP contribution in [0.25, 0.3) is 0 Å². The van der Waals surface area contributed by atoms with Gasteiger partial charge in [-0.25, -0.2) is 4.68 Å². The van der Waals surface area contributed by atoms with Crippen LogP contribution in [0.4, 0.5) is 19.0 Å². The Morgan fingerprint density at radius 3 is 2.28 bits per heavy atom. The molecule has 1 amide bonds. The first kappa shape index (κ1) is 23.7. The van der Waals surface area contributed by atoms with Crippen LogP contribution in [0.15, 0.2) is 30.5 Å². The normalized spacial score (nSPS) is 33.5. The van der Waals surface area contributed by atoms with Crippen LogP contribution in [-0.4, -0.2) is 35.0 Å². The zero-order chi connectivity index (χ0) is 25.2. The fraction of sp³-hybridized carbons (Fsp3) is 0.630. The smallest absolute Gasteiger partial charge is 0.410 e. The summed E-state index contributed by atoms with van der Waals surface area (Å²) in [5.41, 5.74) is 0.968. The monoisotopic (exact) mass is 502 g/mol. The number of nitrogens with zero attached hydrogens (tertiary/aromatic N) is 2. The highest BCUT2D eigenvalue weighted by molar-refractivity contribution is 5.99. The van der Waals surface area contributed by atoms with Gasteiger partial charge in [-0.05, 0) is 86.3 Å². The number of ether oxygens (including phenoxy) is 1. The van der Waals surface area contributed by atoms with Crippen molar-refractivity contribution >= 4 is 11.7 Å². The highest BCUT2D eigenvalue weighted by Crippen LogP contribution is 2.61. The van der Waals surface area contributed by atoms with Crippen molar-refractivity contribution < 1.29 is 22.7 Å². The number of rotatable bonds is 5. The summed E-state index contributed by atoms with van der Waals surface area (Å²) >= 11 is 0. The first-order valence-electron chi connectivity index (χ1n) is 13.0. The van der Waals surface area contributed by atoms with E-state index in [1.54, 1.807) is 31.4 Å². The average molecular weight is 503 g/mol. The number of hydrogen-bond donors (Lipinski definition) is 2. The molecular weight excluding hydrogens is 469 g/mol. The summed E-state index contributed by atoms with van der Waals surface area (Å²) < 4.78 is 48.3. The topological polar surface area (TPSA) is 68.2 Å². The van der Waals surface area contributed by atoms with Crippen LogP contribution in [0.2, 0.25) is 0 Å². The van der Waals surface area contributed by atoms with Crippen molar-refractivity contribution in [1.29, 1.82) is 0 Å². The van der Waals surface area contributed by atoms with E-state index in [1.165, 1.54) is 25.5 Å². The molecule has 3 atom stereocenters. The number of carbonyl (C=O) groups excluding carboxylic acids is 1. The summed E-state index contributed by atoms with van der Waals surface area (Å²) in [5.74, 6) is 2.64. The minimum atomic E-state index is -4.49. The van der Waals surface area contributed by atoms with E-state index >= 15 is 0 Å². The molecule has 1 aliphatic heterocycles. The van der Waals surface area contributed by atoms with Crippen LogP contribution in [0.1, 0.15) is 79.9 Å². The fourth-order valence-electron chi connectivity index (χ4n) is 7.92. The number of benzene rings is 1. The summed E-state index contributed by atoms with van der Waals surface area (Å²) in [4.78, 5) is 13.5. The lowest BCUT2D eigenvalue weighted by Crippen LogP contribution is -2.55. The van der Waals surface area contributed by atoms with Gasteiger partial charge in [0.15, 0.2) is 6.04 Å². The van der Waals surface area contributed by atoms with Crippen LogP contribution < -0.4 is 15.4 Å². The van der Waals surface area contributed by atoms with E-state index in [-0.39, 0.29) is 35.2 Å². The van der Waals surface area contributed by atoms with Crippen molar-refractivity contribution in [3.05, 3.63) is 41.6 Å². The number of fused-ring (bicyclic) bond motifs is 1. The van der Waals surface area contributed by atoms with Crippen LogP contribution in [0.5, 0.6) is 5.75 Å². The van der Waals surface area contributed by atoms with Crippen molar-refractivity contribution in [2.24, 2.45) is 23.2 Å². The highest BCUT2D eigenvalue weighted by atomic mass is 19.4. The third-order valence-corrected chi connectivity index (χ3v) is 9.35. The molecule has 4 fully saturated rings. The molecule has 4 aliphatic carbocycles. The Bertz CT molecular complexity index is 1110. The molecule has 5 aliphatic rings. The number of hydrogen-bond acceptors (Lipinski definition) is 4. The van der Waals surface area contributed by atoms with Gasteiger partial charge in [0, 0.05) is 12.5 Å². The zero-order valence-electron chi connectivity index (χ0n) is 20.6. The van der Waals surface area contributed by atoms with Crippen molar-refractivity contribution in [2.45, 2.75) is 76.2 Å². The molecule has 4 saturated carbocycles. The molecule has 7 rings (SSSR count). The van der Waals surface area contributed by atoms with Crippen molar-refractivity contribution in [3.63, 3.8) is 0 Å². The van der Waals surface area contributed by atoms with Gasteiger partial charge < -0.3 is 15.4 Å². The fourth-order valence-corrected chi connectivity index (χ4v) is 7.92. The van der Waals surface area contributed by atoms with E-state index in [2.05, 4.69) is 22.7 Å². The van der Waals surface area contributed by atoms with Gasteiger partial charge in [0.2, 0.25) is 0 Å². The quantitative estimate of drug-likeness (QED) is 0.535. The SMILES string of the molecule is COc1ccc(C2CC(C(F)(F)F)n3ncc(C(=O)NC(C)C45CC6CC(CC(C6)C4)C5)c3N2)cc1. The van der Waals surface area contributed by atoms with Gasteiger partial charge in [-0.2, -0.15) is 18.3 Å². The van der Waals surface area contributed by atoms with E-state index in [0.29, 0.717) is 11.3 Å². The van der Waals surface area contributed by atoms with E-state index in [4.69, 9.17) is 4.74 Å². The van der Waals surface area contributed by atoms with Gasteiger partial charge in [-0.1, -0.05) is 12.1 Å². The lowest BCUT2D eigenvalue weighted by molar-refractivity contribution is -0.173.